The molecule has 0 aliphatic carbocycles. The molecule has 0 radical (unpaired) electrons. The normalized spacial score (nSPS) is 12.6. The van der Waals surface area contributed by atoms with Gasteiger partial charge in [0.25, 0.3) is 0 Å². The summed E-state index contributed by atoms with van der Waals surface area (Å²) in [5.74, 6) is -0.00800. The lowest BCUT2D eigenvalue weighted by Gasteiger charge is -2.08. The van der Waals surface area contributed by atoms with Gasteiger partial charge >= 0.3 is 0 Å². The predicted molar refractivity (Wildman–Crippen MR) is 71.3 cm³/mol. The Morgan fingerprint density at radius 3 is 3.19 bits per heavy atom. The fourth-order valence-electron chi connectivity index (χ4n) is 1.34. The molecule has 1 amide bonds. The summed E-state index contributed by atoms with van der Waals surface area (Å²) in [4.78, 5) is 15.7. The van der Waals surface area contributed by atoms with Crippen LogP contribution in [0.15, 0.2) is 23.7 Å². The maximum absolute atomic E-state index is 11.6. The van der Waals surface area contributed by atoms with E-state index < -0.39 is 0 Å². The number of hydrogen-bond donors (Lipinski definition) is 1. The first-order valence-corrected chi connectivity index (χ1v) is 6.78. The molecule has 0 spiro atoms. The molecular formula is C11H11BrN2OS. The molecule has 2 aromatic rings. The molecule has 0 aliphatic rings. The molecule has 0 saturated carbocycles. The molecule has 16 heavy (non-hydrogen) atoms. The largest absolute Gasteiger partial charge is 0.325 e. The standard InChI is InChI=1S/C11H11BrN2OS/c1-2-8(12)11(15)14-7-3-4-9-10(5-7)16-6-13-9/h3-6,8H,2H2,1H3,(H,14,15). The van der Waals surface area contributed by atoms with E-state index in [4.69, 9.17) is 0 Å². The van der Waals surface area contributed by atoms with E-state index in [2.05, 4.69) is 26.2 Å². The van der Waals surface area contributed by atoms with Crippen LogP contribution in [0.5, 0.6) is 0 Å². The number of hydrogen-bond acceptors (Lipinski definition) is 3. The number of rotatable bonds is 3. The van der Waals surface area contributed by atoms with Crippen LogP contribution in [0, 0.1) is 0 Å². The minimum Gasteiger partial charge on any atom is -0.325 e. The van der Waals surface area contributed by atoms with Crippen molar-refractivity contribution in [1.29, 1.82) is 0 Å². The van der Waals surface area contributed by atoms with Crippen LogP contribution in [0.4, 0.5) is 5.69 Å². The second-order valence-corrected chi connectivity index (χ2v) is 5.39. The second-order valence-electron chi connectivity index (χ2n) is 3.40. The highest BCUT2D eigenvalue weighted by atomic mass is 79.9. The number of fused-ring (bicyclic) bond motifs is 1. The number of halogens is 1. The van der Waals surface area contributed by atoms with E-state index in [1.165, 1.54) is 0 Å². The average molecular weight is 299 g/mol. The first-order valence-electron chi connectivity index (χ1n) is 4.99. The minimum atomic E-state index is -0.135. The van der Waals surface area contributed by atoms with Gasteiger partial charge in [0.2, 0.25) is 5.91 Å². The predicted octanol–water partition coefficient (Wildman–Crippen LogP) is 3.41. The number of carbonyl (C=O) groups is 1. The van der Waals surface area contributed by atoms with Gasteiger partial charge in [-0.1, -0.05) is 22.9 Å². The van der Waals surface area contributed by atoms with Gasteiger partial charge in [-0.3, -0.25) is 4.79 Å². The van der Waals surface area contributed by atoms with E-state index in [0.29, 0.717) is 0 Å². The van der Waals surface area contributed by atoms with Crippen molar-refractivity contribution < 1.29 is 4.79 Å². The fourth-order valence-corrected chi connectivity index (χ4v) is 2.17. The molecule has 0 bridgehead atoms. The van der Waals surface area contributed by atoms with Gasteiger partial charge in [0, 0.05) is 5.69 Å². The molecule has 1 aromatic carbocycles. The van der Waals surface area contributed by atoms with E-state index in [9.17, 15) is 4.79 Å². The Hall–Kier alpha value is -0.940. The number of amides is 1. The zero-order valence-corrected chi connectivity index (χ0v) is 11.1. The number of nitrogens with one attached hydrogen (secondary N) is 1. The number of aromatic nitrogens is 1. The molecule has 0 aliphatic heterocycles. The number of anilines is 1. The van der Waals surface area contributed by atoms with Crippen LogP contribution in [0.25, 0.3) is 10.2 Å². The molecule has 84 valence electrons. The Morgan fingerprint density at radius 2 is 2.44 bits per heavy atom. The lowest BCUT2D eigenvalue weighted by molar-refractivity contribution is -0.115. The maximum Gasteiger partial charge on any atom is 0.238 e. The number of nitrogens with zero attached hydrogens (tertiary/aromatic N) is 1. The molecular weight excluding hydrogens is 288 g/mol. The Labute approximate surface area is 106 Å². The van der Waals surface area contributed by atoms with Gasteiger partial charge in [-0.05, 0) is 24.6 Å². The van der Waals surface area contributed by atoms with Crippen LogP contribution >= 0.6 is 27.3 Å². The molecule has 3 nitrogen and oxygen atoms in total. The molecule has 0 saturated heterocycles. The summed E-state index contributed by atoms with van der Waals surface area (Å²) < 4.78 is 1.08. The SMILES string of the molecule is CCC(Br)C(=O)Nc1ccc2ncsc2c1. The topological polar surface area (TPSA) is 42.0 Å². The maximum atomic E-state index is 11.6. The Balaban J connectivity index is 2.17. The first kappa shape index (κ1) is 11.5. The molecule has 1 N–H and O–H groups in total. The van der Waals surface area contributed by atoms with Crippen LogP contribution < -0.4 is 5.32 Å². The number of carbonyl (C=O) groups excluding carboxylic acids is 1. The van der Waals surface area contributed by atoms with Crippen molar-refractivity contribution in [3.63, 3.8) is 0 Å². The summed E-state index contributed by atoms with van der Waals surface area (Å²) in [6.07, 6.45) is 0.772. The van der Waals surface area contributed by atoms with Gasteiger partial charge in [0.15, 0.2) is 0 Å². The van der Waals surface area contributed by atoms with Crippen molar-refractivity contribution in [2.75, 3.05) is 5.32 Å². The molecule has 5 heteroatoms. The first-order chi connectivity index (χ1) is 7.70. The second kappa shape index (κ2) is 4.93. The Kier molecular flexibility index (Phi) is 3.56. The molecule has 0 fully saturated rings. The van der Waals surface area contributed by atoms with Crippen molar-refractivity contribution in [2.24, 2.45) is 0 Å². The zero-order valence-electron chi connectivity index (χ0n) is 8.74. The lowest BCUT2D eigenvalue weighted by Crippen LogP contribution is -2.21. The van der Waals surface area contributed by atoms with Gasteiger partial charge in [0.05, 0.1) is 20.6 Å². The highest BCUT2D eigenvalue weighted by Gasteiger charge is 2.12. The van der Waals surface area contributed by atoms with Crippen molar-refractivity contribution >= 4 is 49.1 Å². The molecule has 2 rings (SSSR count). The third-order valence-electron chi connectivity index (χ3n) is 2.24. The van der Waals surface area contributed by atoms with E-state index in [1.807, 2.05) is 25.1 Å². The summed E-state index contributed by atoms with van der Waals surface area (Å²) >= 11 is 4.89. The average Bonchev–Trinajstić information content (AvgIpc) is 2.75. The number of thiazole rings is 1. The van der Waals surface area contributed by atoms with E-state index >= 15 is 0 Å². The monoisotopic (exact) mass is 298 g/mol. The quantitative estimate of drug-likeness (QED) is 0.883. The molecule has 1 aromatic heterocycles. The summed E-state index contributed by atoms with van der Waals surface area (Å²) in [7, 11) is 0. The molecule has 1 heterocycles. The van der Waals surface area contributed by atoms with Gasteiger partial charge < -0.3 is 5.32 Å². The highest BCUT2D eigenvalue weighted by Crippen LogP contribution is 2.22. The van der Waals surface area contributed by atoms with Crippen LogP contribution in [0.3, 0.4) is 0 Å². The molecule has 1 atom stereocenters. The zero-order chi connectivity index (χ0) is 11.5. The van der Waals surface area contributed by atoms with Crippen molar-refractivity contribution in [1.82, 2.24) is 4.98 Å². The summed E-state index contributed by atoms with van der Waals surface area (Å²) in [6, 6.07) is 5.73. The van der Waals surface area contributed by atoms with Crippen molar-refractivity contribution in [3.05, 3.63) is 23.7 Å². The van der Waals surface area contributed by atoms with Crippen LogP contribution in [-0.4, -0.2) is 15.7 Å². The van der Waals surface area contributed by atoms with Crippen LogP contribution in [0.2, 0.25) is 0 Å². The number of benzene rings is 1. The van der Waals surface area contributed by atoms with Gasteiger partial charge in [0.1, 0.15) is 0 Å². The lowest BCUT2D eigenvalue weighted by atomic mass is 10.2. The van der Waals surface area contributed by atoms with Crippen LogP contribution in [0.1, 0.15) is 13.3 Å². The van der Waals surface area contributed by atoms with Gasteiger partial charge in [-0.15, -0.1) is 11.3 Å². The smallest absolute Gasteiger partial charge is 0.238 e. The summed E-state index contributed by atoms with van der Waals surface area (Å²) in [6.45, 7) is 1.96. The van der Waals surface area contributed by atoms with E-state index in [-0.39, 0.29) is 10.7 Å². The third kappa shape index (κ3) is 2.41. The van der Waals surface area contributed by atoms with Crippen molar-refractivity contribution in [3.8, 4) is 0 Å². The Bertz CT molecular complexity index is 511. The minimum absolute atomic E-state index is 0.00800. The van der Waals surface area contributed by atoms with Crippen LogP contribution in [-0.2, 0) is 4.79 Å². The van der Waals surface area contributed by atoms with E-state index in [0.717, 1.165) is 22.3 Å². The van der Waals surface area contributed by atoms with Crippen molar-refractivity contribution in [2.45, 2.75) is 18.2 Å². The highest BCUT2D eigenvalue weighted by molar-refractivity contribution is 9.10. The summed E-state index contributed by atoms with van der Waals surface area (Å²) in [5, 5.41) is 2.87. The van der Waals surface area contributed by atoms with Gasteiger partial charge in [-0.25, -0.2) is 4.98 Å². The molecule has 1 unspecified atom stereocenters. The van der Waals surface area contributed by atoms with Gasteiger partial charge in [-0.2, -0.15) is 0 Å². The summed E-state index contributed by atoms with van der Waals surface area (Å²) in [5.41, 5.74) is 3.59. The Morgan fingerprint density at radius 1 is 1.62 bits per heavy atom. The third-order valence-corrected chi connectivity index (χ3v) is 4.10. The fraction of sp³-hybridized carbons (Fsp3) is 0.273. The van der Waals surface area contributed by atoms with E-state index in [1.54, 1.807) is 16.8 Å². The number of alkyl halides is 1.